The summed E-state index contributed by atoms with van der Waals surface area (Å²) in [5.41, 5.74) is 2.68. The van der Waals surface area contributed by atoms with Crippen LogP contribution in [-0.4, -0.2) is 38.7 Å². The normalized spacial score (nSPS) is 21.5. The van der Waals surface area contributed by atoms with Crippen molar-refractivity contribution in [1.29, 1.82) is 0 Å². The topological polar surface area (TPSA) is 84.7 Å². The zero-order valence-corrected chi connectivity index (χ0v) is 12.8. The standard InChI is InChI=1S/C15H20N6O/c1-10-3-4-13(8-14(10)21-9-17-19-20-21)18-15(22)12-5-6-16-11(2)7-12/h3-4,8-9,11-12,16H,5-7H2,1-2H3,(H,18,22)/t11-,12-/m0/s1. The van der Waals surface area contributed by atoms with Crippen molar-refractivity contribution in [3.8, 4) is 5.69 Å². The fraction of sp³-hybridized carbons (Fsp3) is 0.467. The predicted molar refractivity (Wildman–Crippen MR) is 82.7 cm³/mol. The van der Waals surface area contributed by atoms with E-state index in [2.05, 4.69) is 33.1 Å². The van der Waals surface area contributed by atoms with E-state index in [1.165, 1.54) is 0 Å². The highest BCUT2D eigenvalue weighted by Crippen LogP contribution is 2.21. The fourth-order valence-corrected chi connectivity index (χ4v) is 2.82. The van der Waals surface area contributed by atoms with Crippen molar-refractivity contribution in [2.24, 2.45) is 5.92 Å². The lowest BCUT2D eigenvalue weighted by atomic mass is 9.92. The smallest absolute Gasteiger partial charge is 0.227 e. The number of anilines is 1. The minimum absolute atomic E-state index is 0.0639. The number of nitrogens with zero attached hydrogens (tertiary/aromatic N) is 4. The highest BCUT2D eigenvalue weighted by Gasteiger charge is 2.24. The summed E-state index contributed by atoms with van der Waals surface area (Å²) >= 11 is 0. The maximum Gasteiger partial charge on any atom is 0.227 e. The Labute approximate surface area is 129 Å². The number of piperidine rings is 1. The maximum absolute atomic E-state index is 12.4. The second-order valence-corrected chi connectivity index (χ2v) is 5.82. The van der Waals surface area contributed by atoms with Crippen molar-refractivity contribution < 1.29 is 4.79 Å². The predicted octanol–water partition coefficient (Wildman–Crippen LogP) is 1.30. The molecule has 1 fully saturated rings. The van der Waals surface area contributed by atoms with Gasteiger partial charge in [-0.2, -0.15) is 0 Å². The van der Waals surface area contributed by atoms with Crippen molar-refractivity contribution in [2.45, 2.75) is 32.7 Å². The first-order valence-corrected chi connectivity index (χ1v) is 7.52. The molecule has 1 aliphatic heterocycles. The van der Waals surface area contributed by atoms with E-state index in [1.807, 2.05) is 25.1 Å². The van der Waals surface area contributed by atoms with Gasteiger partial charge < -0.3 is 10.6 Å². The van der Waals surface area contributed by atoms with E-state index in [-0.39, 0.29) is 11.8 Å². The first kappa shape index (κ1) is 14.6. The summed E-state index contributed by atoms with van der Waals surface area (Å²) in [5, 5.41) is 17.6. The molecule has 2 heterocycles. The summed E-state index contributed by atoms with van der Waals surface area (Å²) < 4.78 is 1.59. The van der Waals surface area contributed by atoms with Crippen LogP contribution in [0.1, 0.15) is 25.3 Å². The van der Waals surface area contributed by atoms with Crippen LogP contribution in [0, 0.1) is 12.8 Å². The van der Waals surface area contributed by atoms with Gasteiger partial charge in [0.2, 0.25) is 5.91 Å². The van der Waals surface area contributed by atoms with Crippen LogP contribution in [-0.2, 0) is 4.79 Å². The number of carbonyl (C=O) groups is 1. The van der Waals surface area contributed by atoms with Gasteiger partial charge >= 0.3 is 0 Å². The Bertz CT molecular complexity index is 654. The SMILES string of the molecule is Cc1ccc(NC(=O)[C@H]2CCN[C@@H](C)C2)cc1-n1cnnn1. The molecule has 1 aromatic heterocycles. The second-order valence-electron chi connectivity index (χ2n) is 5.82. The third-order valence-electron chi connectivity index (χ3n) is 4.07. The van der Waals surface area contributed by atoms with Crippen LogP contribution in [0.25, 0.3) is 5.69 Å². The van der Waals surface area contributed by atoms with Crippen molar-refractivity contribution in [1.82, 2.24) is 25.5 Å². The molecule has 2 atom stereocenters. The molecule has 22 heavy (non-hydrogen) atoms. The van der Waals surface area contributed by atoms with E-state index in [4.69, 9.17) is 0 Å². The van der Waals surface area contributed by atoms with E-state index in [0.717, 1.165) is 36.3 Å². The minimum Gasteiger partial charge on any atom is -0.326 e. The molecule has 0 spiro atoms. The Morgan fingerprint density at radius 1 is 1.45 bits per heavy atom. The van der Waals surface area contributed by atoms with Gasteiger partial charge in [0, 0.05) is 17.6 Å². The van der Waals surface area contributed by atoms with Gasteiger partial charge in [-0.15, -0.1) is 5.10 Å². The number of hydrogen-bond acceptors (Lipinski definition) is 5. The number of hydrogen-bond donors (Lipinski definition) is 2. The molecule has 0 bridgehead atoms. The molecule has 2 aromatic rings. The van der Waals surface area contributed by atoms with Crippen LogP contribution in [0.4, 0.5) is 5.69 Å². The number of aromatic nitrogens is 4. The van der Waals surface area contributed by atoms with Crippen LogP contribution in [0.15, 0.2) is 24.5 Å². The zero-order chi connectivity index (χ0) is 15.5. The second kappa shape index (κ2) is 6.23. The van der Waals surface area contributed by atoms with E-state index in [1.54, 1.807) is 11.0 Å². The number of benzene rings is 1. The van der Waals surface area contributed by atoms with E-state index >= 15 is 0 Å². The lowest BCUT2D eigenvalue weighted by molar-refractivity contribution is -0.120. The molecule has 1 aromatic carbocycles. The number of amides is 1. The summed E-state index contributed by atoms with van der Waals surface area (Å²) in [6, 6.07) is 6.15. The largest absolute Gasteiger partial charge is 0.326 e. The van der Waals surface area contributed by atoms with E-state index in [0.29, 0.717) is 6.04 Å². The summed E-state index contributed by atoms with van der Waals surface area (Å²) in [4.78, 5) is 12.4. The Morgan fingerprint density at radius 2 is 2.32 bits per heavy atom. The molecule has 1 saturated heterocycles. The van der Waals surface area contributed by atoms with Crippen LogP contribution in [0.2, 0.25) is 0 Å². The maximum atomic E-state index is 12.4. The molecular weight excluding hydrogens is 280 g/mol. The molecule has 0 unspecified atom stereocenters. The van der Waals surface area contributed by atoms with Crippen molar-refractivity contribution in [3.05, 3.63) is 30.1 Å². The Morgan fingerprint density at radius 3 is 3.05 bits per heavy atom. The van der Waals surface area contributed by atoms with Crippen LogP contribution >= 0.6 is 0 Å². The third-order valence-corrected chi connectivity index (χ3v) is 4.07. The molecule has 3 rings (SSSR count). The molecule has 1 amide bonds. The Hall–Kier alpha value is -2.28. The first-order valence-electron chi connectivity index (χ1n) is 7.52. The molecule has 0 aliphatic carbocycles. The van der Waals surface area contributed by atoms with Crippen molar-refractivity contribution >= 4 is 11.6 Å². The monoisotopic (exact) mass is 300 g/mol. The van der Waals surface area contributed by atoms with E-state index in [9.17, 15) is 4.79 Å². The molecule has 7 heteroatoms. The summed E-state index contributed by atoms with van der Waals surface area (Å²) in [5.74, 6) is 0.147. The zero-order valence-electron chi connectivity index (χ0n) is 12.8. The van der Waals surface area contributed by atoms with Crippen molar-refractivity contribution in [3.63, 3.8) is 0 Å². The third kappa shape index (κ3) is 3.14. The van der Waals surface area contributed by atoms with Gasteiger partial charge in [0.25, 0.3) is 0 Å². The lowest BCUT2D eigenvalue weighted by Crippen LogP contribution is -2.40. The Balaban J connectivity index is 1.75. The minimum atomic E-state index is 0.0639. The van der Waals surface area contributed by atoms with Gasteiger partial charge in [-0.05, 0) is 61.4 Å². The van der Waals surface area contributed by atoms with Crippen LogP contribution in [0.5, 0.6) is 0 Å². The van der Waals surface area contributed by atoms with Gasteiger partial charge in [-0.1, -0.05) is 6.07 Å². The summed E-state index contributed by atoms with van der Waals surface area (Å²) in [6.07, 6.45) is 3.29. The number of rotatable bonds is 3. The first-order chi connectivity index (χ1) is 10.6. The summed E-state index contributed by atoms with van der Waals surface area (Å²) in [7, 11) is 0. The molecule has 0 radical (unpaired) electrons. The Kier molecular flexibility index (Phi) is 4.15. The molecule has 1 aliphatic rings. The number of aryl methyl sites for hydroxylation is 1. The van der Waals surface area contributed by atoms with Crippen molar-refractivity contribution in [2.75, 3.05) is 11.9 Å². The molecule has 0 saturated carbocycles. The molecule has 116 valence electrons. The number of nitrogens with one attached hydrogen (secondary N) is 2. The summed E-state index contributed by atoms with van der Waals surface area (Å²) in [6.45, 7) is 4.99. The quantitative estimate of drug-likeness (QED) is 0.892. The highest BCUT2D eigenvalue weighted by atomic mass is 16.1. The lowest BCUT2D eigenvalue weighted by Gasteiger charge is -2.27. The number of carbonyl (C=O) groups excluding carboxylic acids is 1. The van der Waals surface area contributed by atoms with Crippen LogP contribution in [0.3, 0.4) is 0 Å². The van der Waals surface area contributed by atoms with Gasteiger partial charge in [0.05, 0.1) is 5.69 Å². The molecule has 2 N–H and O–H groups in total. The number of tetrazole rings is 1. The average molecular weight is 300 g/mol. The van der Waals surface area contributed by atoms with Crippen LogP contribution < -0.4 is 10.6 Å². The van der Waals surface area contributed by atoms with Gasteiger partial charge in [0.1, 0.15) is 6.33 Å². The van der Waals surface area contributed by atoms with Gasteiger partial charge in [-0.3, -0.25) is 4.79 Å². The molecular formula is C15H20N6O. The highest BCUT2D eigenvalue weighted by molar-refractivity contribution is 5.93. The fourth-order valence-electron chi connectivity index (χ4n) is 2.82. The molecule has 7 nitrogen and oxygen atoms in total. The van der Waals surface area contributed by atoms with Gasteiger partial charge in [-0.25, -0.2) is 4.68 Å². The van der Waals surface area contributed by atoms with E-state index < -0.39 is 0 Å². The average Bonchev–Trinajstić information content (AvgIpc) is 3.03. The van der Waals surface area contributed by atoms with Gasteiger partial charge in [0.15, 0.2) is 0 Å².